The number of nitrogens with two attached hydrogens (primary N) is 1. The Labute approximate surface area is 169 Å². The van der Waals surface area contributed by atoms with Crippen LogP contribution in [0.1, 0.15) is 18.4 Å². The van der Waals surface area contributed by atoms with Crippen LogP contribution in [0.2, 0.25) is 5.02 Å². The van der Waals surface area contributed by atoms with Gasteiger partial charge in [0.05, 0.1) is 10.9 Å². The molecule has 1 aliphatic rings. The van der Waals surface area contributed by atoms with Gasteiger partial charge in [0.15, 0.2) is 6.61 Å². The van der Waals surface area contributed by atoms with Gasteiger partial charge in [-0.3, -0.25) is 14.5 Å². The summed E-state index contributed by atoms with van der Waals surface area (Å²) in [5, 5.41) is 3.27. The van der Waals surface area contributed by atoms with E-state index in [1.165, 1.54) is 0 Å². The molecule has 1 fully saturated rings. The SMILES string of the molecule is NC(=O)[C@H]1CCCN(Cc2ccc(NC(=O)COc3ccccc3Cl)cc2)C1. The largest absolute Gasteiger partial charge is 0.482 e. The quantitative estimate of drug-likeness (QED) is 0.746. The van der Waals surface area contributed by atoms with Crippen LogP contribution in [0, 0.1) is 5.92 Å². The number of hydrogen-bond acceptors (Lipinski definition) is 4. The molecule has 2 aromatic carbocycles. The second-order valence-corrected chi connectivity index (χ2v) is 7.35. The molecule has 0 radical (unpaired) electrons. The highest BCUT2D eigenvalue weighted by Gasteiger charge is 2.23. The van der Waals surface area contributed by atoms with Crippen molar-refractivity contribution in [2.24, 2.45) is 11.7 Å². The van der Waals surface area contributed by atoms with Gasteiger partial charge >= 0.3 is 0 Å². The number of ether oxygens (including phenoxy) is 1. The summed E-state index contributed by atoms with van der Waals surface area (Å²) in [5.41, 5.74) is 7.26. The van der Waals surface area contributed by atoms with Crippen LogP contribution in [-0.4, -0.2) is 36.4 Å². The number of anilines is 1. The van der Waals surface area contributed by atoms with Crippen molar-refractivity contribution >= 4 is 29.1 Å². The Morgan fingerprint density at radius 1 is 1.18 bits per heavy atom. The van der Waals surface area contributed by atoms with E-state index >= 15 is 0 Å². The smallest absolute Gasteiger partial charge is 0.262 e. The van der Waals surface area contributed by atoms with Crippen LogP contribution in [0.25, 0.3) is 0 Å². The van der Waals surface area contributed by atoms with Crippen molar-refractivity contribution in [1.29, 1.82) is 0 Å². The van der Waals surface area contributed by atoms with Crippen molar-refractivity contribution in [3.8, 4) is 5.75 Å². The van der Waals surface area contributed by atoms with Crippen LogP contribution in [0.3, 0.4) is 0 Å². The Balaban J connectivity index is 1.48. The number of piperidine rings is 1. The van der Waals surface area contributed by atoms with Gasteiger partial charge in [-0.1, -0.05) is 35.9 Å². The molecule has 0 aliphatic carbocycles. The van der Waals surface area contributed by atoms with Crippen molar-refractivity contribution in [1.82, 2.24) is 4.90 Å². The first-order valence-corrected chi connectivity index (χ1v) is 9.67. The van der Waals surface area contributed by atoms with E-state index in [1.807, 2.05) is 24.3 Å². The molecular weight excluding hydrogens is 378 g/mol. The van der Waals surface area contributed by atoms with E-state index in [0.717, 1.165) is 31.5 Å². The summed E-state index contributed by atoms with van der Waals surface area (Å²) in [6.07, 6.45) is 1.85. The number of carbonyl (C=O) groups is 2. The minimum atomic E-state index is -0.256. The van der Waals surface area contributed by atoms with Gasteiger partial charge in [-0.2, -0.15) is 0 Å². The Morgan fingerprint density at radius 3 is 2.64 bits per heavy atom. The number of nitrogens with zero attached hydrogens (tertiary/aromatic N) is 1. The molecule has 0 spiro atoms. The van der Waals surface area contributed by atoms with Crippen LogP contribution in [0.15, 0.2) is 48.5 Å². The molecule has 6 nitrogen and oxygen atoms in total. The highest BCUT2D eigenvalue weighted by atomic mass is 35.5. The number of carbonyl (C=O) groups excluding carboxylic acids is 2. The van der Waals surface area contributed by atoms with E-state index in [9.17, 15) is 9.59 Å². The highest BCUT2D eigenvalue weighted by Crippen LogP contribution is 2.23. The normalized spacial score (nSPS) is 17.1. The second kappa shape index (κ2) is 9.57. The minimum Gasteiger partial charge on any atom is -0.482 e. The molecular formula is C21H24ClN3O3. The van der Waals surface area contributed by atoms with E-state index in [4.69, 9.17) is 22.1 Å². The number of benzene rings is 2. The van der Waals surface area contributed by atoms with Crippen LogP contribution in [0.4, 0.5) is 5.69 Å². The third kappa shape index (κ3) is 5.71. The molecule has 7 heteroatoms. The first kappa shape index (κ1) is 20.2. The Bertz CT molecular complexity index is 826. The summed E-state index contributed by atoms with van der Waals surface area (Å²) in [6.45, 7) is 2.30. The molecule has 2 amide bonds. The number of halogens is 1. The first-order valence-electron chi connectivity index (χ1n) is 9.29. The monoisotopic (exact) mass is 401 g/mol. The number of nitrogens with one attached hydrogen (secondary N) is 1. The third-order valence-corrected chi connectivity index (χ3v) is 5.06. The third-order valence-electron chi connectivity index (χ3n) is 4.75. The number of likely N-dealkylation sites (tertiary alicyclic amines) is 1. The van der Waals surface area contributed by atoms with Crippen LogP contribution in [-0.2, 0) is 16.1 Å². The molecule has 1 aliphatic heterocycles. The predicted octanol–water partition coefficient (Wildman–Crippen LogP) is 3.05. The van der Waals surface area contributed by atoms with E-state index in [0.29, 0.717) is 23.0 Å². The lowest BCUT2D eigenvalue weighted by molar-refractivity contribution is -0.123. The number of primary amides is 1. The molecule has 28 heavy (non-hydrogen) atoms. The first-order chi connectivity index (χ1) is 13.5. The van der Waals surface area contributed by atoms with Gasteiger partial charge < -0.3 is 15.8 Å². The van der Waals surface area contributed by atoms with E-state index < -0.39 is 0 Å². The summed E-state index contributed by atoms with van der Waals surface area (Å²) in [7, 11) is 0. The standard InChI is InChI=1S/C21H24ClN3O3/c22-18-5-1-2-6-19(18)28-14-20(26)24-17-9-7-15(8-10-17)12-25-11-3-4-16(13-25)21(23)27/h1-2,5-10,16H,3-4,11-14H2,(H2,23,27)(H,24,26)/t16-/m0/s1. The summed E-state index contributed by atoms with van der Waals surface area (Å²) in [6, 6.07) is 14.7. The molecule has 1 atom stereocenters. The molecule has 2 aromatic rings. The van der Waals surface area contributed by atoms with E-state index in [2.05, 4.69) is 10.2 Å². The molecule has 0 bridgehead atoms. The fourth-order valence-electron chi connectivity index (χ4n) is 3.29. The van der Waals surface area contributed by atoms with Crippen molar-refractivity contribution in [3.63, 3.8) is 0 Å². The predicted molar refractivity (Wildman–Crippen MR) is 109 cm³/mol. The summed E-state index contributed by atoms with van der Waals surface area (Å²) in [5.74, 6) is -0.0642. The zero-order valence-corrected chi connectivity index (χ0v) is 16.3. The molecule has 1 saturated heterocycles. The Hall–Kier alpha value is -2.57. The maximum absolute atomic E-state index is 12.1. The molecule has 3 rings (SSSR count). The van der Waals surface area contributed by atoms with Crippen LogP contribution in [0.5, 0.6) is 5.75 Å². The van der Waals surface area contributed by atoms with E-state index in [1.54, 1.807) is 24.3 Å². The van der Waals surface area contributed by atoms with Gasteiger partial charge in [0.25, 0.3) is 5.91 Å². The van der Waals surface area contributed by atoms with Crippen molar-refractivity contribution in [3.05, 3.63) is 59.1 Å². The van der Waals surface area contributed by atoms with E-state index in [-0.39, 0.29) is 24.3 Å². The van der Waals surface area contributed by atoms with Crippen molar-refractivity contribution in [2.45, 2.75) is 19.4 Å². The molecule has 0 aromatic heterocycles. The fraction of sp³-hybridized carbons (Fsp3) is 0.333. The molecule has 1 heterocycles. The number of para-hydroxylation sites is 1. The van der Waals surface area contributed by atoms with Gasteiger partial charge in [0.1, 0.15) is 5.75 Å². The van der Waals surface area contributed by atoms with Crippen molar-refractivity contribution < 1.29 is 14.3 Å². The number of amides is 2. The van der Waals surface area contributed by atoms with Gasteiger partial charge in [-0.25, -0.2) is 0 Å². The van der Waals surface area contributed by atoms with Crippen LogP contribution < -0.4 is 15.8 Å². The van der Waals surface area contributed by atoms with Gasteiger partial charge in [-0.05, 0) is 49.2 Å². The molecule has 0 saturated carbocycles. The van der Waals surface area contributed by atoms with Gasteiger partial charge in [0.2, 0.25) is 5.91 Å². The second-order valence-electron chi connectivity index (χ2n) is 6.94. The van der Waals surface area contributed by atoms with Crippen molar-refractivity contribution in [2.75, 3.05) is 25.0 Å². The van der Waals surface area contributed by atoms with Gasteiger partial charge in [0, 0.05) is 18.8 Å². The molecule has 148 valence electrons. The lowest BCUT2D eigenvalue weighted by Gasteiger charge is -2.31. The number of rotatable bonds is 7. The Morgan fingerprint density at radius 2 is 1.93 bits per heavy atom. The zero-order valence-electron chi connectivity index (χ0n) is 15.6. The molecule has 0 unspecified atom stereocenters. The minimum absolute atomic E-state index is 0.0644. The number of hydrogen-bond donors (Lipinski definition) is 2. The fourth-order valence-corrected chi connectivity index (χ4v) is 3.48. The summed E-state index contributed by atoms with van der Waals surface area (Å²) < 4.78 is 5.44. The maximum Gasteiger partial charge on any atom is 0.262 e. The average Bonchev–Trinajstić information content (AvgIpc) is 2.69. The lowest BCUT2D eigenvalue weighted by atomic mass is 9.97. The lowest BCUT2D eigenvalue weighted by Crippen LogP contribution is -2.40. The maximum atomic E-state index is 12.1. The van der Waals surface area contributed by atoms with Crippen LogP contribution >= 0.6 is 11.6 Å². The zero-order chi connectivity index (χ0) is 19.9. The summed E-state index contributed by atoms with van der Waals surface area (Å²) in [4.78, 5) is 25.7. The average molecular weight is 402 g/mol. The Kier molecular flexibility index (Phi) is 6.90. The summed E-state index contributed by atoms with van der Waals surface area (Å²) >= 11 is 6.01. The highest BCUT2D eigenvalue weighted by molar-refractivity contribution is 6.32. The topological polar surface area (TPSA) is 84.7 Å². The molecule has 3 N–H and O–H groups in total. The van der Waals surface area contributed by atoms with Gasteiger partial charge in [-0.15, -0.1) is 0 Å².